The zero-order valence-electron chi connectivity index (χ0n) is 10.8. The van der Waals surface area contributed by atoms with Gasteiger partial charge in [-0.2, -0.15) is 0 Å². The molecule has 0 spiro atoms. The van der Waals surface area contributed by atoms with Crippen LogP contribution < -0.4 is 11.1 Å². The van der Waals surface area contributed by atoms with Gasteiger partial charge < -0.3 is 16.0 Å². The highest BCUT2D eigenvalue weighted by atomic mass is 15.1. The second-order valence-electron chi connectivity index (χ2n) is 4.56. The van der Waals surface area contributed by atoms with Crippen molar-refractivity contribution in [3.63, 3.8) is 0 Å². The van der Waals surface area contributed by atoms with Gasteiger partial charge in [0, 0.05) is 26.2 Å². The minimum atomic E-state index is 0.736. The van der Waals surface area contributed by atoms with Crippen molar-refractivity contribution < 1.29 is 0 Å². The fourth-order valence-corrected chi connectivity index (χ4v) is 1.56. The first-order chi connectivity index (χ1) is 7.20. The van der Waals surface area contributed by atoms with Crippen LogP contribution in [-0.4, -0.2) is 44.2 Å². The van der Waals surface area contributed by atoms with Crippen LogP contribution in [0.2, 0.25) is 0 Å². The van der Waals surface area contributed by atoms with E-state index in [-0.39, 0.29) is 0 Å². The molecule has 0 heterocycles. The van der Waals surface area contributed by atoms with E-state index in [9.17, 15) is 0 Å². The molecule has 3 heteroatoms. The monoisotopic (exact) mass is 215 g/mol. The lowest BCUT2D eigenvalue weighted by Crippen LogP contribution is -2.35. The summed E-state index contributed by atoms with van der Waals surface area (Å²) in [7, 11) is 0. The topological polar surface area (TPSA) is 41.3 Å². The molecular weight excluding hydrogens is 186 g/mol. The molecule has 0 aromatic carbocycles. The molecule has 0 bridgehead atoms. The van der Waals surface area contributed by atoms with Crippen molar-refractivity contribution in [3.05, 3.63) is 0 Å². The van der Waals surface area contributed by atoms with E-state index in [2.05, 4.69) is 31.0 Å². The Morgan fingerprint density at radius 3 is 2.40 bits per heavy atom. The third kappa shape index (κ3) is 10.2. The van der Waals surface area contributed by atoms with Gasteiger partial charge in [0.1, 0.15) is 0 Å². The number of nitrogens with two attached hydrogens (primary N) is 1. The number of nitrogens with one attached hydrogen (secondary N) is 1. The van der Waals surface area contributed by atoms with Gasteiger partial charge in [-0.25, -0.2) is 0 Å². The average molecular weight is 215 g/mol. The highest BCUT2D eigenvalue weighted by Gasteiger charge is 2.04. The molecule has 0 aliphatic carbocycles. The molecule has 0 aromatic heterocycles. The smallest absolute Gasteiger partial charge is 0.0107 e. The standard InChI is InChI=1S/C12H29N3/c1-4-9-15(10-5-12(2)3)11-8-14-7-6-13/h12,14H,4-11,13H2,1-3H3. The van der Waals surface area contributed by atoms with Crippen molar-refractivity contribution in [3.8, 4) is 0 Å². The summed E-state index contributed by atoms with van der Waals surface area (Å²) in [5.74, 6) is 0.807. The molecule has 0 rings (SSSR count). The SMILES string of the molecule is CCCN(CCNCCN)CCC(C)C. The molecule has 0 saturated carbocycles. The molecular formula is C12H29N3. The van der Waals surface area contributed by atoms with Gasteiger partial charge in [0.15, 0.2) is 0 Å². The predicted molar refractivity (Wildman–Crippen MR) is 68.1 cm³/mol. The van der Waals surface area contributed by atoms with Gasteiger partial charge >= 0.3 is 0 Å². The normalized spacial score (nSPS) is 11.6. The van der Waals surface area contributed by atoms with E-state index in [1.807, 2.05) is 0 Å². The first-order valence-electron chi connectivity index (χ1n) is 6.33. The van der Waals surface area contributed by atoms with Gasteiger partial charge in [0.2, 0.25) is 0 Å². The molecule has 3 nitrogen and oxygen atoms in total. The Bertz CT molecular complexity index is 126. The van der Waals surface area contributed by atoms with Gasteiger partial charge in [0.05, 0.1) is 0 Å². The van der Waals surface area contributed by atoms with Crippen LogP contribution in [0.1, 0.15) is 33.6 Å². The maximum Gasteiger partial charge on any atom is 0.0107 e. The quantitative estimate of drug-likeness (QED) is 0.540. The van der Waals surface area contributed by atoms with Crippen molar-refractivity contribution in [2.75, 3.05) is 39.3 Å². The van der Waals surface area contributed by atoms with Gasteiger partial charge in [-0.05, 0) is 31.8 Å². The molecule has 3 N–H and O–H groups in total. The first-order valence-corrected chi connectivity index (χ1v) is 6.33. The van der Waals surface area contributed by atoms with E-state index in [0.29, 0.717) is 0 Å². The lowest BCUT2D eigenvalue weighted by Gasteiger charge is -2.22. The average Bonchev–Trinajstić information content (AvgIpc) is 2.20. The van der Waals surface area contributed by atoms with Gasteiger partial charge in [-0.3, -0.25) is 0 Å². The van der Waals surface area contributed by atoms with E-state index < -0.39 is 0 Å². The highest BCUT2D eigenvalue weighted by molar-refractivity contribution is 4.61. The summed E-state index contributed by atoms with van der Waals surface area (Å²) >= 11 is 0. The lowest BCUT2D eigenvalue weighted by atomic mass is 10.1. The Hall–Kier alpha value is -0.120. The molecule has 0 unspecified atom stereocenters. The van der Waals surface area contributed by atoms with Crippen molar-refractivity contribution in [2.45, 2.75) is 33.6 Å². The fraction of sp³-hybridized carbons (Fsp3) is 1.00. The van der Waals surface area contributed by atoms with Gasteiger partial charge in [-0.15, -0.1) is 0 Å². The van der Waals surface area contributed by atoms with Crippen LogP contribution in [0.4, 0.5) is 0 Å². The van der Waals surface area contributed by atoms with Crippen LogP contribution in [0.3, 0.4) is 0 Å². The minimum absolute atomic E-state index is 0.736. The van der Waals surface area contributed by atoms with Crippen molar-refractivity contribution in [1.82, 2.24) is 10.2 Å². The summed E-state index contributed by atoms with van der Waals surface area (Å²) in [6.45, 7) is 13.2. The Labute approximate surface area is 95.4 Å². The molecule has 0 fully saturated rings. The van der Waals surface area contributed by atoms with Gasteiger partial charge in [0.25, 0.3) is 0 Å². The second-order valence-corrected chi connectivity index (χ2v) is 4.56. The lowest BCUT2D eigenvalue weighted by molar-refractivity contribution is 0.258. The van der Waals surface area contributed by atoms with Crippen molar-refractivity contribution in [2.24, 2.45) is 11.7 Å². The Morgan fingerprint density at radius 1 is 1.13 bits per heavy atom. The number of nitrogens with zero attached hydrogens (tertiary/aromatic N) is 1. The Kier molecular flexibility index (Phi) is 10.3. The zero-order chi connectivity index (χ0) is 11.5. The van der Waals surface area contributed by atoms with Crippen LogP contribution in [-0.2, 0) is 0 Å². The third-order valence-corrected chi connectivity index (χ3v) is 2.49. The molecule has 0 aliphatic heterocycles. The van der Waals surface area contributed by atoms with E-state index >= 15 is 0 Å². The number of hydrogen-bond donors (Lipinski definition) is 2. The van der Waals surface area contributed by atoms with E-state index in [0.717, 1.165) is 32.1 Å². The summed E-state index contributed by atoms with van der Waals surface area (Å²) in [6, 6.07) is 0. The zero-order valence-corrected chi connectivity index (χ0v) is 10.8. The maximum atomic E-state index is 5.43. The molecule has 0 atom stereocenters. The number of hydrogen-bond acceptors (Lipinski definition) is 3. The van der Waals surface area contributed by atoms with Crippen LogP contribution >= 0.6 is 0 Å². The summed E-state index contributed by atoms with van der Waals surface area (Å²) in [4.78, 5) is 2.55. The van der Waals surface area contributed by atoms with Gasteiger partial charge in [-0.1, -0.05) is 20.8 Å². The number of rotatable bonds is 10. The van der Waals surface area contributed by atoms with Crippen LogP contribution in [0.25, 0.3) is 0 Å². The summed E-state index contributed by atoms with van der Waals surface area (Å²) in [5.41, 5.74) is 5.43. The van der Waals surface area contributed by atoms with Crippen LogP contribution in [0.5, 0.6) is 0 Å². The Balaban J connectivity index is 3.53. The first kappa shape index (κ1) is 14.9. The molecule has 15 heavy (non-hydrogen) atoms. The third-order valence-electron chi connectivity index (χ3n) is 2.49. The maximum absolute atomic E-state index is 5.43. The largest absolute Gasteiger partial charge is 0.329 e. The predicted octanol–water partition coefficient (Wildman–Crippen LogP) is 1.29. The van der Waals surface area contributed by atoms with E-state index in [1.165, 1.54) is 25.9 Å². The summed E-state index contributed by atoms with van der Waals surface area (Å²) in [6.07, 6.45) is 2.55. The summed E-state index contributed by atoms with van der Waals surface area (Å²) < 4.78 is 0. The van der Waals surface area contributed by atoms with E-state index in [4.69, 9.17) is 5.73 Å². The van der Waals surface area contributed by atoms with Crippen molar-refractivity contribution >= 4 is 0 Å². The highest BCUT2D eigenvalue weighted by Crippen LogP contribution is 2.02. The van der Waals surface area contributed by atoms with E-state index in [1.54, 1.807) is 0 Å². The van der Waals surface area contributed by atoms with Crippen LogP contribution in [0.15, 0.2) is 0 Å². The second kappa shape index (κ2) is 10.4. The summed E-state index contributed by atoms with van der Waals surface area (Å²) in [5, 5.41) is 3.34. The molecule has 0 aliphatic rings. The molecule has 0 radical (unpaired) electrons. The molecule has 0 saturated heterocycles. The molecule has 0 aromatic rings. The molecule has 0 amide bonds. The minimum Gasteiger partial charge on any atom is -0.329 e. The molecule has 92 valence electrons. The fourth-order valence-electron chi connectivity index (χ4n) is 1.56. The van der Waals surface area contributed by atoms with Crippen LogP contribution in [0, 0.1) is 5.92 Å². The Morgan fingerprint density at radius 2 is 1.87 bits per heavy atom. The van der Waals surface area contributed by atoms with Crippen molar-refractivity contribution in [1.29, 1.82) is 0 Å².